The zero-order valence-electron chi connectivity index (χ0n) is 11.1. The second kappa shape index (κ2) is 4.82. The van der Waals surface area contributed by atoms with Gasteiger partial charge in [-0.2, -0.15) is 5.26 Å². The summed E-state index contributed by atoms with van der Waals surface area (Å²) in [5.74, 6) is 1.80. The Bertz CT molecular complexity index is 723. The number of aromatic amines is 1. The lowest BCUT2D eigenvalue weighted by Gasteiger charge is -2.18. The molecule has 0 radical (unpaired) electrons. The minimum Gasteiger partial charge on any atom is -0.329 e. The van der Waals surface area contributed by atoms with Gasteiger partial charge in [-0.05, 0) is 37.1 Å². The molecule has 0 amide bonds. The maximum Gasteiger partial charge on any atom is 0.253 e. The summed E-state index contributed by atoms with van der Waals surface area (Å²) in [5.41, 5.74) is 1.38. The van der Waals surface area contributed by atoms with Crippen LogP contribution in [0.2, 0.25) is 0 Å². The van der Waals surface area contributed by atoms with Crippen molar-refractivity contribution in [2.24, 2.45) is 0 Å². The lowest BCUT2D eigenvalue weighted by atomic mass is 10.2. The molecule has 1 aromatic heterocycles. The van der Waals surface area contributed by atoms with Crippen LogP contribution in [0, 0.1) is 11.3 Å². The van der Waals surface area contributed by atoms with Gasteiger partial charge in [0.1, 0.15) is 11.6 Å². The Morgan fingerprint density at radius 2 is 2.05 bits per heavy atom. The van der Waals surface area contributed by atoms with Crippen LogP contribution in [0.5, 0.6) is 0 Å². The van der Waals surface area contributed by atoms with Gasteiger partial charge in [-0.15, -0.1) is 0 Å². The van der Waals surface area contributed by atoms with Crippen LogP contribution in [-0.4, -0.2) is 17.0 Å². The van der Waals surface area contributed by atoms with E-state index in [1.54, 1.807) is 12.1 Å². The molecule has 1 heterocycles. The molecule has 0 bridgehead atoms. The van der Waals surface area contributed by atoms with E-state index in [0.29, 0.717) is 17.3 Å². The minimum atomic E-state index is -0.127. The number of nitrogens with zero attached hydrogens (tertiary/aromatic N) is 3. The molecule has 1 aliphatic rings. The van der Waals surface area contributed by atoms with Crippen molar-refractivity contribution >= 4 is 11.5 Å². The van der Waals surface area contributed by atoms with Crippen LogP contribution in [-0.2, 0) is 0 Å². The Labute approximate surface area is 116 Å². The molecule has 3 rings (SSSR count). The molecule has 1 aromatic carbocycles. The molecular weight excluding hydrogens is 252 g/mol. The first-order valence-electron chi connectivity index (χ1n) is 6.52. The first-order chi connectivity index (χ1) is 9.67. The summed E-state index contributed by atoms with van der Waals surface area (Å²) in [6.45, 7) is 0. The van der Waals surface area contributed by atoms with Gasteiger partial charge in [-0.3, -0.25) is 4.79 Å². The van der Waals surface area contributed by atoms with Gasteiger partial charge in [0.25, 0.3) is 5.56 Å². The molecule has 100 valence electrons. The molecule has 5 nitrogen and oxygen atoms in total. The number of rotatable bonds is 3. The predicted octanol–water partition coefficient (Wildman–Crippen LogP) is 2.29. The molecular formula is C15H14N4O. The fourth-order valence-corrected chi connectivity index (χ4v) is 2.08. The van der Waals surface area contributed by atoms with Gasteiger partial charge in [0.05, 0.1) is 11.6 Å². The molecule has 1 N–H and O–H groups in total. The van der Waals surface area contributed by atoms with Crippen molar-refractivity contribution in [2.45, 2.75) is 18.8 Å². The first-order valence-corrected chi connectivity index (χ1v) is 6.52. The topological polar surface area (TPSA) is 72.8 Å². The lowest BCUT2D eigenvalue weighted by Crippen LogP contribution is -2.18. The number of aromatic nitrogens is 2. The van der Waals surface area contributed by atoms with Gasteiger partial charge in [0.2, 0.25) is 0 Å². The summed E-state index contributed by atoms with van der Waals surface area (Å²) in [6.07, 6.45) is 2.18. The van der Waals surface area contributed by atoms with Gasteiger partial charge in [0, 0.05) is 24.7 Å². The number of anilines is 2. The van der Waals surface area contributed by atoms with Crippen molar-refractivity contribution in [3.8, 4) is 6.07 Å². The fourth-order valence-electron chi connectivity index (χ4n) is 2.08. The highest BCUT2D eigenvalue weighted by atomic mass is 16.1. The maximum atomic E-state index is 11.7. The summed E-state index contributed by atoms with van der Waals surface area (Å²) in [4.78, 5) is 20.9. The summed E-state index contributed by atoms with van der Waals surface area (Å²) in [6, 6.07) is 10.8. The SMILES string of the molecule is CN(c1ccc(C#N)cc1)c1cc(=O)[nH]c(C2CC2)n1. The quantitative estimate of drug-likeness (QED) is 0.925. The van der Waals surface area contributed by atoms with Crippen LogP contribution >= 0.6 is 0 Å². The largest absolute Gasteiger partial charge is 0.329 e. The second-order valence-corrected chi connectivity index (χ2v) is 4.98. The van der Waals surface area contributed by atoms with Crippen molar-refractivity contribution in [3.63, 3.8) is 0 Å². The van der Waals surface area contributed by atoms with Crippen LogP contribution in [0.4, 0.5) is 11.5 Å². The molecule has 1 saturated carbocycles. The summed E-state index contributed by atoms with van der Waals surface area (Å²) >= 11 is 0. The van der Waals surface area contributed by atoms with Crippen molar-refractivity contribution in [3.05, 3.63) is 52.1 Å². The molecule has 0 saturated heterocycles. The van der Waals surface area contributed by atoms with E-state index in [4.69, 9.17) is 5.26 Å². The van der Waals surface area contributed by atoms with Gasteiger partial charge in [0.15, 0.2) is 0 Å². The van der Waals surface area contributed by atoms with Crippen molar-refractivity contribution in [2.75, 3.05) is 11.9 Å². The Balaban J connectivity index is 1.94. The van der Waals surface area contributed by atoms with E-state index in [2.05, 4.69) is 16.0 Å². The molecule has 1 aliphatic carbocycles. The first kappa shape index (κ1) is 12.4. The van der Waals surface area contributed by atoms with E-state index in [1.807, 2.05) is 24.1 Å². The minimum absolute atomic E-state index is 0.127. The zero-order chi connectivity index (χ0) is 14.1. The normalized spacial score (nSPS) is 13.8. The highest BCUT2D eigenvalue weighted by Crippen LogP contribution is 2.38. The third-order valence-corrected chi connectivity index (χ3v) is 3.44. The van der Waals surface area contributed by atoms with Gasteiger partial charge in [-0.25, -0.2) is 4.98 Å². The van der Waals surface area contributed by atoms with Crippen molar-refractivity contribution < 1.29 is 0 Å². The van der Waals surface area contributed by atoms with E-state index in [1.165, 1.54) is 6.07 Å². The van der Waals surface area contributed by atoms with Crippen LogP contribution in [0.15, 0.2) is 35.1 Å². The Kier molecular flexibility index (Phi) is 2.99. The molecule has 0 spiro atoms. The number of hydrogen-bond acceptors (Lipinski definition) is 4. The standard InChI is InChI=1S/C15H14N4O/c1-19(12-6-2-10(9-16)3-7-12)13-8-14(20)18-15(17-13)11-4-5-11/h2-3,6-8,11H,4-5H2,1H3,(H,17,18,20). The van der Waals surface area contributed by atoms with Crippen LogP contribution in [0.3, 0.4) is 0 Å². The van der Waals surface area contributed by atoms with E-state index in [-0.39, 0.29) is 5.56 Å². The molecule has 2 aromatic rings. The lowest BCUT2D eigenvalue weighted by molar-refractivity contribution is 0.897. The number of benzene rings is 1. The molecule has 1 fully saturated rings. The van der Waals surface area contributed by atoms with Crippen LogP contribution in [0.1, 0.15) is 30.1 Å². The van der Waals surface area contributed by atoms with Crippen LogP contribution < -0.4 is 10.5 Å². The molecule has 0 atom stereocenters. The summed E-state index contributed by atoms with van der Waals surface area (Å²) in [7, 11) is 1.86. The fraction of sp³-hybridized carbons (Fsp3) is 0.267. The number of nitriles is 1. The maximum absolute atomic E-state index is 11.7. The van der Waals surface area contributed by atoms with Crippen molar-refractivity contribution in [1.82, 2.24) is 9.97 Å². The average molecular weight is 266 g/mol. The number of H-pyrrole nitrogens is 1. The van der Waals surface area contributed by atoms with E-state index in [0.717, 1.165) is 24.4 Å². The Morgan fingerprint density at radius 1 is 1.35 bits per heavy atom. The third kappa shape index (κ3) is 2.41. The third-order valence-electron chi connectivity index (χ3n) is 3.44. The molecule has 0 aliphatic heterocycles. The average Bonchev–Trinajstić information content (AvgIpc) is 3.30. The Hall–Kier alpha value is -2.61. The van der Waals surface area contributed by atoms with Gasteiger partial charge in [-0.1, -0.05) is 0 Å². The zero-order valence-corrected chi connectivity index (χ0v) is 11.1. The monoisotopic (exact) mass is 266 g/mol. The highest BCUT2D eigenvalue weighted by Gasteiger charge is 2.26. The second-order valence-electron chi connectivity index (χ2n) is 4.98. The number of nitrogens with one attached hydrogen (secondary N) is 1. The molecule has 20 heavy (non-hydrogen) atoms. The summed E-state index contributed by atoms with van der Waals surface area (Å²) in [5, 5.41) is 8.80. The van der Waals surface area contributed by atoms with Crippen molar-refractivity contribution in [1.29, 1.82) is 5.26 Å². The van der Waals surface area contributed by atoms with Gasteiger partial charge >= 0.3 is 0 Å². The summed E-state index contributed by atoms with van der Waals surface area (Å²) < 4.78 is 0. The van der Waals surface area contributed by atoms with E-state index >= 15 is 0 Å². The van der Waals surface area contributed by atoms with E-state index in [9.17, 15) is 4.79 Å². The van der Waals surface area contributed by atoms with Crippen LogP contribution in [0.25, 0.3) is 0 Å². The number of hydrogen-bond donors (Lipinski definition) is 1. The smallest absolute Gasteiger partial charge is 0.253 e. The highest BCUT2D eigenvalue weighted by molar-refractivity contribution is 5.59. The van der Waals surface area contributed by atoms with E-state index < -0.39 is 0 Å². The molecule has 5 heteroatoms. The Morgan fingerprint density at radius 3 is 2.65 bits per heavy atom. The van der Waals surface area contributed by atoms with Gasteiger partial charge < -0.3 is 9.88 Å². The molecule has 0 unspecified atom stereocenters. The predicted molar refractivity (Wildman–Crippen MR) is 76.1 cm³/mol.